The lowest BCUT2D eigenvalue weighted by Gasteiger charge is -2.25. The van der Waals surface area contributed by atoms with Crippen LogP contribution >= 0.6 is 0 Å². The summed E-state index contributed by atoms with van der Waals surface area (Å²) in [5, 5.41) is 0.257. The van der Waals surface area contributed by atoms with Gasteiger partial charge in [-0.15, -0.1) is 0 Å². The van der Waals surface area contributed by atoms with E-state index in [1.807, 2.05) is 0 Å². The first-order chi connectivity index (χ1) is 6.02. The van der Waals surface area contributed by atoms with Gasteiger partial charge in [-0.25, -0.2) is 0 Å². The Labute approximate surface area is 81.7 Å². The molecule has 0 aliphatic heterocycles. The molecule has 0 fully saturated rings. The normalized spacial score (nSPS) is 11.4. The Morgan fingerprint density at radius 2 is 1.38 bits per heavy atom. The summed E-state index contributed by atoms with van der Waals surface area (Å²) < 4.78 is 0. The van der Waals surface area contributed by atoms with Crippen molar-refractivity contribution in [2.75, 3.05) is 0 Å². The van der Waals surface area contributed by atoms with Crippen LogP contribution in [0.4, 0.5) is 0 Å². The van der Waals surface area contributed by atoms with Gasteiger partial charge in [0.1, 0.15) is 19.3 Å². The molecule has 0 radical (unpaired) electrons. The van der Waals surface area contributed by atoms with Crippen molar-refractivity contribution in [3.8, 4) is 0 Å². The molecule has 0 aromatic rings. The van der Waals surface area contributed by atoms with Gasteiger partial charge in [0.25, 0.3) is 0 Å². The molecule has 0 aromatic carbocycles. The molecule has 0 atom stereocenters. The highest BCUT2D eigenvalue weighted by atomic mass is 28.3. The first-order valence-electron chi connectivity index (χ1n) is 5.05. The maximum atomic E-state index is 11.8. The zero-order valence-corrected chi connectivity index (χ0v) is 10.1. The van der Waals surface area contributed by atoms with Crippen molar-refractivity contribution >= 4 is 19.3 Å². The van der Waals surface area contributed by atoms with Gasteiger partial charge in [-0.05, 0) is 6.92 Å². The van der Waals surface area contributed by atoms with Crippen LogP contribution in [0.1, 0.15) is 34.1 Å². The highest BCUT2D eigenvalue weighted by Crippen LogP contribution is 2.22. The van der Waals surface area contributed by atoms with Crippen LogP contribution in [0.2, 0.25) is 18.1 Å². The van der Waals surface area contributed by atoms with Crippen molar-refractivity contribution < 1.29 is 9.59 Å². The van der Waals surface area contributed by atoms with Crippen LogP contribution in [0.5, 0.6) is 0 Å². The largest absolute Gasteiger partial charge is 0.305 e. The second-order valence-corrected chi connectivity index (χ2v) is 8.88. The van der Waals surface area contributed by atoms with Crippen molar-refractivity contribution in [2.45, 2.75) is 52.2 Å². The van der Waals surface area contributed by atoms with Crippen LogP contribution in [-0.2, 0) is 9.59 Å². The van der Waals surface area contributed by atoms with Gasteiger partial charge in [-0.3, -0.25) is 4.79 Å². The van der Waals surface area contributed by atoms with Gasteiger partial charge < -0.3 is 4.79 Å². The van der Waals surface area contributed by atoms with Gasteiger partial charge >= 0.3 is 0 Å². The quantitative estimate of drug-likeness (QED) is 0.488. The standard InChI is InChI=1S/C10H20O2Si/c1-5-13(6-2,7-3)10(12)8-9(4)11/h5-8H2,1-4H3. The van der Waals surface area contributed by atoms with E-state index in [0.717, 1.165) is 18.1 Å². The Kier molecular flexibility index (Phi) is 5.14. The van der Waals surface area contributed by atoms with E-state index in [9.17, 15) is 9.59 Å². The third kappa shape index (κ3) is 3.07. The molecule has 0 saturated carbocycles. The lowest BCUT2D eigenvalue weighted by molar-refractivity contribution is -0.122. The van der Waals surface area contributed by atoms with Crippen LogP contribution in [0.15, 0.2) is 0 Å². The molecule has 0 aliphatic carbocycles. The Morgan fingerprint density at radius 1 is 1.00 bits per heavy atom. The van der Waals surface area contributed by atoms with E-state index >= 15 is 0 Å². The highest BCUT2D eigenvalue weighted by molar-refractivity contribution is 7.06. The Balaban J connectivity index is 4.53. The number of carbonyl (C=O) groups excluding carboxylic acids is 2. The van der Waals surface area contributed by atoms with Crippen molar-refractivity contribution in [1.82, 2.24) is 0 Å². The fourth-order valence-electron chi connectivity index (χ4n) is 1.76. The minimum Gasteiger partial charge on any atom is -0.305 e. The monoisotopic (exact) mass is 200 g/mol. The molecule has 13 heavy (non-hydrogen) atoms. The lowest BCUT2D eigenvalue weighted by Crippen LogP contribution is -2.42. The summed E-state index contributed by atoms with van der Waals surface area (Å²) in [6, 6.07) is 2.93. The number of Topliss-reactive ketones (excluding diaryl/α,β-unsaturated/α-hetero) is 1. The molecule has 2 nitrogen and oxygen atoms in total. The molecule has 0 aliphatic rings. The van der Waals surface area contributed by atoms with Gasteiger partial charge in [0.15, 0.2) is 0 Å². The van der Waals surface area contributed by atoms with E-state index < -0.39 is 8.07 Å². The van der Waals surface area contributed by atoms with Gasteiger partial charge in [-0.1, -0.05) is 38.9 Å². The number of ketones is 1. The van der Waals surface area contributed by atoms with E-state index in [4.69, 9.17) is 0 Å². The predicted molar refractivity (Wildman–Crippen MR) is 57.5 cm³/mol. The molecule has 0 amide bonds. The molecule has 76 valence electrons. The van der Waals surface area contributed by atoms with Gasteiger partial charge in [-0.2, -0.15) is 0 Å². The third-order valence-corrected chi connectivity index (χ3v) is 8.45. The zero-order chi connectivity index (χ0) is 10.5. The Morgan fingerprint density at radius 3 is 1.62 bits per heavy atom. The van der Waals surface area contributed by atoms with E-state index in [0.29, 0.717) is 0 Å². The lowest BCUT2D eigenvalue weighted by atomic mass is 10.3. The van der Waals surface area contributed by atoms with Crippen LogP contribution < -0.4 is 0 Å². The van der Waals surface area contributed by atoms with Gasteiger partial charge in [0.2, 0.25) is 0 Å². The Hall–Kier alpha value is -0.443. The summed E-state index contributed by atoms with van der Waals surface area (Å²) in [5.41, 5.74) is 0. The fraction of sp³-hybridized carbons (Fsp3) is 0.800. The summed E-state index contributed by atoms with van der Waals surface area (Å²) in [5.74, 6) is 0.0113. The second-order valence-electron chi connectivity index (χ2n) is 3.64. The number of hydrogen-bond donors (Lipinski definition) is 0. The molecular formula is C10H20O2Si. The summed E-state index contributed by atoms with van der Waals surface area (Å²) in [6.45, 7) is 7.74. The Bertz CT molecular complexity index is 187. The highest BCUT2D eigenvalue weighted by Gasteiger charge is 2.35. The maximum Gasteiger partial charge on any atom is 0.136 e. The smallest absolute Gasteiger partial charge is 0.136 e. The molecule has 0 rings (SSSR count). The summed E-state index contributed by atoms with van der Waals surface area (Å²) in [4.78, 5) is 22.7. The summed E-state index contributed by atoms with van der Waals surface area (Å²) in [6.07, 6.45) is 0.168. The third-order valence-electron chi connectivity index (χ3n) is 3.03. The predicted octanol–water partition coefficient (Wildman–Crippen LogP) is 2.58. The molecule has 0 spiro atoms. The average Bonchev–Trinajstić information content (AvgIpc) is 2.07. The molecule has 0 N–H and O–H groups in total. The SMILES string of the molecule is CC[Si](CC)(CC)C(=O)CC(C)=O. The van der Waals surface area contributed by atoms with Gasteiger partial charge in [0, 0.05) is 0 Å². The molecule has 0 aromatic heterocycles. The van der Waals surface area contributed by atoms with E-state index in [1.165, 1.54) is 6.92 Å². The minimum atomic E-state index is -1.74. The maximum absolute atomic E-state index is 11.8. The first-order valence-corrected chi connectivity index (χ1v) is 7.67. The van der Waals surface area contributed by atoms with Crippen molar-refractivity contribution in [1.29, 1.82) is 0 Å². The number of hydrogen-bond acceptors (Lipinski definition) is 2. The first kappa shape index (κ1) is 12.6. The number of carbonyl (C=O) groups is 2. The fourth-order valence-corrected chi connectivity index (χ4v) is 5.06. The van der Waals surface area contributed by atoms with Crippen LogP contribution in [0, 0.1) is 0 Å². The van der Waals surface area contributed by atoms with E-state index in [-0.39, 0.29) is 17.6 Å². The van der Waals surface area contributed by atoms with Crippen molar-refractivity contribution in [2.24, 2.45) is 0 Å². The van der Waals surface area contributed by atoms with Crippen molar-refractivity contribution in [3.05, 3.63) is 0 Å². The molecule has 0 heterocycles. The topological polar surface area (TPSA) is 34.1 Å². The van der Waals surface area contributed by atoms with Crippen LogP contribution in [0.25, 0.3) is 0 Å². The minimum absolute atomic E-state index is 0.0113. The van der Waals surface area contributed by atoms with Crippen LogP contribution in [-0.4, -0.2) is 19.3 Å². The average molecular weight is 200 g/mol. The van der Waals surface area contributed by atoms with Crippen LogP contribution in [0.3, 0.4) is 0 Å². The second kappa shape index (κ2) is 5.32. The molecule has 0 unspecified atom stereocenters. The molecule has 0 bridgehead atoms. The number of rotatable bonds is 6. The zero-order valence-electron chi connectivity index (χ0n) is 9.14. The molecule has 3 heteroatoms. The van der Waals surface area contributed by atoms with Gasteiger partial charge in [0.05, 0.1) is 6.42 Å². The van der Waals surface area contributed by atoms with Crippen molar-refractivity contribution in [3.63, 3.8) is 0 Å². The molecular weight excluding hydrogens is 180 g/mol. The van der Waals surface area contributed by atoms with E-state index in [1.54, 1.807) is 0 Å². The molecule has 0 saturated heterocycles. The summed E-state index contributed by atoms with van der Waals surface area (Å²) >= 11 is 0. The van der Waals surface area contributed by atoms with E-state index in [2.05, 4.69) is 20.8 Å². The summed E-state index contributed by atoms with van der Waals surface area (Å²) in [7, 11) is -1.74.